The van der Waals surface area contributed by atoms with E-state index in [2.05, 4.69) is 31.2 Å². The number of carbonyl (C=O) groups excluding carboxylic acids is 1. The summed E-state index contributed by atoms with van der Waals surface area (Å²) in [6, 6.07) is 4.63. The van der Waals surface area contributed by atoms with Gasteiger partial charge in [0.15, 0.2) is 5.82 Å². The molecule has 1 amide bonds. The average Bonchev–Trinajstić information content (AvgIpc) is 2.35. The number of aromatic nitrogens is 2. The van der Waals surface area contributed by atoms with Crippen LogP contribution in [0.2, 0.25) is 10.0 Å². The molecule has 1 aromatic carbocycles. The van der Waals surface area contributed by atoms with Gasteiger partial charge in [0.05, 0.1) is 22.4 Å². The molecule has 0 bridgehead atoms. The molecule has 2 aromatic rings. The topological polar surface area (TPSA) is 54.9 Å². The van der Waals surface area contributed by atoms with Gasteiger partial charge in [-0.05, 0) is 34.1 Å². The van der Waals surface area contributed by atoms with E-state index in [1.54, 1.807) is 12.1 Å². The van der Waals surface area contributed by atoms with E-state index in [0.29, 0.717) is 26.0 Å². The van der Waals surface area contributed by atoms with E-state index >= 15 is 0 Å². The number of hydrogen-bond acceptors (Lipinski definition) is 3. The van der Waals surface area contributed by atoms with Crippen molar-refractivity contribution in [3.05, 3.63) is 50.8 Å². The van der Waals surface area contributed by atoms with Crippen LogP contribution >= 0.6 is 39.1 Å². The molecule has 0 aliphatic rings. The highest BCUT2D eigenvalue weighted by Gasteiger charge is 2.09. The van der Waals surface area contributed by atoms with Gasteiger partial charge in [0, 0.05) is 5.56 Å². The Balaban J connectivity index is 2.16. The third kappa shape index (κ3) is 3.19. The summed E-state index contributed by atoms with van der Waals surface area (Å²) in [5.74, 6) is 0.0273. The number of hydrogen-bond donors (Lipinski definition) is 1. The van der Waals surface area contributed by atoms with Crippen molar-refractivity contribution in [2.75, 3.05) is 5.32 Å². The standard InChI is InChI=1S/C11H6BrCl2N3O/c12-9-4-16-10(5-15-9)17-11(18)6-1-2-7(13)8(14)3-6/h1-5H,(H,16,17,18). The van der Waals surface area contributed by atoms with Gasteiger partial charge < -0.3 is 5.32 Å². The van der Waals surface area contributed by atoms with Crippen LogP contribution in [0, 0.1) is 0 Å². The molecule has 0 spiro atoms. The zero-order valence-electron chi connectivity index (χ0n) is 8.82. The average molecular weight is 347 g/mol. The minimum Gasteiger partial charge on any atom is -0.305 e. The second-order valence-corrected chi connectivity index (χ2v) is 4.93. The minimum atomic E-state index is -0.329. The zero-order chi connectivity index (χ0) is 13.1. The van der Waals surface area contributed by atoms with E-state index in [-0.39, 0.29) is 5.91 Å². The van der Waals surface area contributed by atoms with Crippen molar-refractivity contribution in [1.82, 2.24) is 9.97 Å². The molecule has 18 heavy (non-hydrogen) atoms. The van der Waals surface area contributed by atoms with Crippen LogP contribution in [-0.4, -0.2) is 15.9 Å². The summed E-state index contributed by atoms with van der Waals surface area (Å²) in [7, 11) is 0. The SMILES string of the molecule is O=C(Nc1cnc(Br)cn1)c1ccc(Cl)c(Cl)c1. The zero-order valence-corrected chi connectivity index (χ0v) is 11.9. The van der Waals surface area contributed by atoms with Crippen LogP contribution in [0.25, 0.3) is 0 Å². The second-order valence-electron chi connectivity index (χ2n) is 3.31. The maximum absolute atomic E-state index is 11.9. The van der Waals surface area contributed by atoms with Gasteiger partial charge in [-0.15, -0.1) is 0 Å². The quantitative estimate of drug-likeness (QED) is 0.899. The molecule has 92 valence electrons. The number of anilines is 1. The number of amides is 1. The Morgan fingerprint density at radius 1 is 1.17 bits per heavy atom. The molecule has 1 aromatic heterocycles. The summed E-state index contributed by atoms with van der Waals surface area (Å²) in [6.07, 6.45) is 2.93. The van der Waals surface area contributed by atoms with Crippen molar-refractivity contribution in [1.29, 1.82) is 0 Å². The molecule has 0 aliphatic heterocycles. The molecule has 1 heterocycles. The van der Waals surface area contributed by atoms with Crippen LogP contribution < -0.4 is 5.32 Å². The van der Waals surface area contributed by atoms with Crippen LogP contribution in [0.3, 0.4) is 0 Å². The fourth-order valence-corrected chi connectivity index (χ4v) is 1.71. The lowest BCUT2D eigenvalue weighted by Crippen LogP contribution is -2.13. The summed E-state index contributed by atoms with van der Waals surface area (Å²) < 4.78 is 0.593. The number of nitrogens with one attached hydrogen (secondary N) is 1. The molecule has 0 saturated carbocycles. The maximum atomic E-state index is 11.9. The first-order chi connectivity index (χ1) is 8.56. The highest BCUT2D eigenvalue weighted by atomic mass is 79.9. The smallest absolute Gasteiger partial charge is 0.256 e. The first-order valence-electron chi connectivity index (χ1n) is 4.80. The largest absolute Gasteiger partial charge is 0.305 e. The van der Waals surface area contributed by atoms with Crippen LogP contribution in [0.4, 0.5) is 5.82 Å². The van der Waals surface area contributed by atoms with Crippen molar-refractivity contribution >= 4 is 50.9 Å². The van der Waals surface area contributed by atoms with Gasteiger partial charge in [0.25, 0.3) is 5.91 Å². The Bertz CT molecular complexity index is 589. The maximum Gasteiger partial charge on any atom is 0.256 e. The molecule has 0 unspecified atom stereocenters. The molecule has 2 rings (SSSR count). The highest BCUT2D eigenvalue weighted by molar-refractivity contribution is 9.10. The van der Waals surface area contributed by atoms with Gasteiger partial charge in [-0.2, -0.15) is 0 Å². The van der Waals surface area contributed by atoms with E-state index in [9.17, 15) is 4.79 Å². The van der Waals surface area contributed by atoms with Crippen LogP contribution in [0.1, 0.15) is 10.4 Å². The third-order valence-electron chi connectivity index (χ3n) is 2.04. The molecular weight excluding hydrogens is 341 g/mol. The fourth-order valence-electron chi connectivity index (χ4n) is 1.20. The van der Waals surface area contributed by atoms with E-state index in [4.69, 9.17) is 23.2 Å². The number of benzene rings is 1. The van der Waals surface area contributed by atoms with Gasteiger partial charge in [-0.1, -0.05) is 23.2 Å². The molecule has 0 fully saturated rings. The van der Waals surface area contributed by atoms with Crippen LogP contribution in [0.5, 0.6) is 0 Å². The van der Waals surface area contributed by atoms with Crippen molar-refractivity contribution < 1.29 is 4.79 Å². The summed E-state index contributed by atoms with van der Waals surface area (Å²) in [5.41, 5.74) is 0.397. The molecule has 7 heteroatoms. The Labute approximate surface area is 121 Å². The van der Waals surface area contributed by atoms with E-state index in [0.717, 1.165) is 0 Å². The summed E-state index contributed by atoms with van der Waals surface area (Å²) in [6.45, 7) is 0. The highest BCUT2D eigenvalue weighted by Crippen LogP contribution is 2.22. The first-order valence-corrected chi connectivity index (χ1v) is 6.35. The number of carbonyl (C=O) groups is 1. The van der Waals surface area contributed by atoms with Crippen LogP contribution in [-0.2, 0) is 0 Å². The molecule has 4 nitrogen and oxygen atoms in total. The van der Waals surface area contributed by atoms with E-state index in [1.165, 1.54) is 18.5 Å². The molecule has 0 saturated heterocycles. The van der Waals surface area contributed by atoms with Gasteiger partial charge in [0.1, 0.15) is 4.60 Å². The second kappa shape index (κ2) is 5.65. The monoisotopic (exact) mass is 345 g/mol. The van der Waals surface area contributed by atoms with E-state index < -0.39 is 0 Å². The molecule has 0 radical (unpaired) electrons. The Kier molecular flexibility index (Phi) is 4.16. The van der Waals surface area contributed by atoms with Gasteiger partial charge in [-0.3, -0.25) is 4.79 Å². The number of rotatable bonds is 2. The molecular formula is C11H6BrCl2N3O. The lowest BCUT2D eigenvalue weighted by Gasteiger charge is -2.05. The molecule has 0 atom stereocenters. The first kappa shape index (κ1) is 13.3. The lowest BCUT2D eigenvalue weighted by atomic mass is 10.2. The number of nitrogens with zero attached hydrogens (tertiary/aromatic N) is 2. The minimum absolute atomic E-state index is 0.325. The van der Waals surface area contributed by atoms with Crippen LogP contribution in [0.15, 0.2) is 35.2 Å². The van der Waals surface area contributed by atoms with Crippen molar-refractivity contribution in [3.8, 4) is 0 Å². The summed E-state index contributed by atoms with van der Waals surface area (Å²) >= 11 is 14.8. The summed E-state index contributed by atoms with van der Waals surface area (Å²) in [5, 5.41) is 3.32. The number of halogens is 3. The Morgan fingerprint density at radius 2 is 1.94 bits per heavy atom. The van der Waals surface area contributed by atoms with Gasteiger partial charge in [-0.25, -0.2) is 9.97 Å². The van der Waals surface area contributed by atoms with Gasteiger partial charge in [0.2, 0.25) is 0 Å². The van der Waals surface area contributed by atoms with Crippen molar-refractivity contribution in [2.45, 2.75) is 0 Å². The van der Waals surface area contributed by atoms with Crippen molar-refractivity contribution in [3.63, 3.8) is 0 Å². The van der Waals surface area contributed by atoms with Crippen molar-refractivity contribution in [2.24, 2.45) is 0 Å². The predicted octanol–water partition coefficient (Wildman–Crippen LogP) is 3.80. The third-order valence-corrected chi connectivity index (χ3v) is 3.19. The Morgan fingerprint density at radius 3 is 2.56 bits per heavy atom. The fraction of sp³-hybridized carbons (Fsp3) is 0. The normalized spacial score (nSPS) is 10.2. The van der Waals surface area contributed by atoms with Gasteiger partial charge >= 0.3 is 0 Å². The summed E-state index contributed by atoms with van der Waals surface area (Å²) in [4.78, 5) is 19.8. The lowest BCUT2D eigenvalue weighted by molar-refractivity contribution is 0.102. The molecule has 0 aliphatic carbocycles. The van der Waals surface area contributed by atoms with E-state index in [1.807, 2.05) is 0 Å². The predicted molar refractivity (Wildman–Crippen MR) is 74.1 cm³/mol. The molecule has 1 N–H and O–H groups in total. The Hall–Kier alpha value is -1.17.